The van der Waals surface area contributed by atoms with E-state index in [9.17, 15) is 17.6 Å². The van der Waals surface area contributed by atoms with Crippen LogP contribution in [0.15, 0.2) is 24.3 Å². The topological polar surface area (TPSA) is 75.7 Å². The van der Waals surface area contributed by atoms with Gasteiger partial charge >= 0.3 is 6.09 Å². The zero-order chi connectivity index (χ0) is 15.2. The molecule has 0 radical (unpaired) electrons. The molecule has 0 atom stereocenters. The first kappa shape index (κ1) is 16.4. The lowest BCUT2D eigenvalue weighted by Crippen LogP contribution is -2.37. The Labute approximate surface area is 117 Å². The summed E-state index contributed by atoms with van der Waals surface area (Å²) in [6.07, 6.45) is 0.453. The molecule has 0 aliphatic heterocycles. The van der Waals surface area contributed by atoms with Crippen molar-refractivity contribution in [3.8, 4) is 0 Å². The van der Waals surface area contributed by atoms with Crippen molar-refractivity contribution in [1.29, 1.82) is 0 Å². The number of methoxy groups -OCH3 is 1. The van der Waals surface area contributed by atoms with Crippen molar-refractivity contribution in [3.05, 3.63) is 35.6 Å². The number of ether oxygens (including phenoxy) is 1. The van der Waals surface area contributed by atoms with Crippen molar-refractivity contribution in [3.63, 3.8) is 0 Å². The number of hydrogen-bond donors (Lipinski definition) is 1. The molecule has 0 unspecified atom stereocenters. The number of sulfonamides is 1. The first-order valence-electron chi connectivity index (χ1n) is 5.84. The highest BCUT2D eigenvalue weighted by molar-refractivity contribution is 7.88. The van der Waals surface area contributed by atoms with Crippen molar-refractivity contribution >= 4 is 16.1 Å². The summed E-state index contributed by atoms with van der Waals surface area (Å²) in [7, 11) is -2.21. The largest absolute Gasteiger partial charge is 0.453 e. The maximum absolute atomic E-state index is 12.8. The van der Waals surface area contributed by atoms with E-state index in [4.69, 9.17) is 0 Å². The van der Waals surface area contributed by atoms with Crippen LogP contribution in [0.4, 0.5) is 9.18 Å². The molecule has 0 saturated carbocycles. The van der Waals surface area contributed by atoms with Gasteiger partial charge in [0.05, 0.1) is 13.4 Å². The number of halogens is 1. The zero-order valence-corrected chi connectivity index (χ0v) is 12.1. The van der Waals surface area contributed by atoms with E-state index in [0.717, 1.165) is 6.26 Å². The molecule has 0 saturated heterocycles. The Morgan fingerprint density at radius 1 is 1.35 bits per heavy atom. The van der Waals surface area contributed by atoms with Gasteiger partial charge in [-0.15, -0.1) is 0 Å². The fraction of sp³-hybridized carbons (Fsp3) is 0.417. The molecule has 0 aliphatic rings. The van der Waals surface area contributed by atoms with Crippen LogP contribution in [-0.4, -0.2) is 45.3 Å². The Morgan fingerprint density at radius 3 is 2.45 bits per heavy atom. The number of hydrogen-bond acceptors (Lipinski definition) is 4. The second kappa shape index (κ2) is 7.20. The van der Waals surface area contributed by atoms with Gasteiger partial charge in [0.1, 0.15) is 5.82 Å². The monoisotopic (exact) mass is 304 g/mol. The van der Waals surface area contributed by atoms with Crippen molar-refractivity contribution in [1.82, 2.24) is 9.62 Å². The second-order valence-corrected chi connectivity index (χ2v) is 6.12. The van der Waals surface area contributed by atoms with Gasteiger partial charge in [0.15, 0.2) is 0 Å². The number of benzene rings is 1. The van der Waals surface area contributed by atoms with Crippen LogP contribution in [0.2, 0.25) is 0 Å². The summed E-state index contributed by atoms with van der Waals surface area (Å²) in [6, 6.07) is 5.56. The number of alkyl carbamates (subject to hydrolysis) is 1. The van der Waals surface area contributed by atoms with Gasteiger partial charge in [0.25, 0.3) is 0 Å². The summed E-state index contributed by atoms with van der Waals surface area (Å²) in [6.45, 7) is 0.341. The molecular weight excluding hydrogens is 287 g/mol. The smallest absolute Gasteiger partial charge is 0.406 e. The molecule has 0 heterocycles. The van der Waals surface area contributed by atoms with E-state index in [1.165, 1.54) is 35.7 Å². The van der Waals surface area contributed by atoms with E-state index in [1.807, 2.05) is 0 Å². The first-order valence-corrected chi connectivity index (χ1v) is 7.69. The van der Waals surface area contributed by atoms with Crippen molar-refractivity contribution in [2.75, 3.05) is 26.5 Å². The number of rotatable bonds is 6. The first-order chi connectivity index (χ1) is 9.32. The molecule has 1 aromatic rings. The summed E-state index contributed by atoms with van der Waals surface area (Å²) in [5.74, 6) is -0.382. The average molecular weight is 304 g/mol. The van der Waals surface area contributed by atoms with Crippen LogP contribution in [0, 0.1) is 5.82 Å². The summed E-state index contributed by atoms with van der Waals surface area (Å²) in [5, 5.41) is 2.40. The molecule has 1 amide bonds. The fourth-order valence-corrected chi connectivity index (χ4v) is 2.32. The fourth-order valence-electron chi connectivity index (χ4n) is 1.51. The molecule has 0 aromatic heterocycles. The molecule has 0 spiro atoms. The lowest BCUT2D eigenvalue weighted by Gasteiger charge is -2.20. The molecule has 1 rings (SSSR count). The van der Waals surface area contributed by atoms with E-state index in [-0.39, 0.29) is 25.5 Å². The van der Waals surface area contributed by atoms with Gasteiger partial charge in [-0.05, 0) is 17.7 Å². The van der Waals surface area contributed by atoms with E-state index < -0.39 is 16.1 Å². The third-order valence-electron chi connectivity index (χ3n) is 2.56. The third-order valence-corrected chi connectivity index (χ3v) is 3.81. The van der Waals surface area contributed by atoms with Crippen molar-refractivity contribution < 1.29 is 22.3 Å². The van der Waals surface area contributed by atoms with E-state index >= 15 is 0 Å². The summed E-state index contributed by atoms with van der Waals surface area (Å²) >= 11 is 0. The highest BCUT2D eigenvalue weighted by Crippen LogP contribution is 2.09. The number of carbonyl (C=O) groups is 1. The highest BCUT2D eigenvalue weighted by Gasteiger charge is 2.17. The van der Waals surface area contributed by atoms with Crippen LogP contribution in [0.3, 0.4) is 0 Å². The molecule has 1 N–H and O–H groups in total. The third kappa shape index (κ3) is 5.54. The molecule has 6 nitrogen and oxygen atoms in total. The van der Waals surface area contributed by atoms with Crippen LogP contribution in [0.5, 0.6) is 0 Å². The predicted molar refractivity (Wildman–Crippen MR) is 72.1 cm³/mol. The summed E-state index contributed by atoms with van der Waals surface area (Å²) in [4.78, 5) is 10.9. The van der Waals surface area contributed by atoms with Gasteiger partial charge in [0, 0.05) is 19.6 Å². The van der Waals surface area contributed by atoms with Crippen LogP contribution < -0.4 is 5.32 Å². The van der Waals surface area contributed by atoms with E-state index in [2.05, 4.69) is 10.1 Å². The molecule has 8 heteroatoms. The summed E-state index contributed by atoms with van der Waals surface area (Å²) in [5.41, 5.74) is 0.662. The van der Waals surface area contributed by atoms with Gasteiger partial charge < -0.3 is 10.1 Å². The maximum Gasteiger partial charge on any atom is 0.406 e. The number of nitrogens with zero attached hydrogens (tertiary/aromatic N) is 1. The van der Waals surface area contributed by atoms with Crippen LogP contribution >= 0.6 is 0 Å². The van der Waals surface area contributed by atoms with Gasteiger partial charge in [-0.25, -0.2) is 17.6 Å². The summed E-state index contributed by atoms with van der Waals surface area (Å²) < 4.78 is 41.7. The van der Waals surface area contributed by atoms with E-state index in [1.54, 1.807) is 0 Å². The second-order valence-electron chi connectivity index (χ2n) is 4.14. The van der Waals surface area contributed by atoms with Crippen molar-refractivity contribution in [2.24, 2.45) is 0 Å². The Bertz CT molecular complexity index is 545. The lowest BCUT2D eigenvalue weighted by atomic mass is 10.2. The normalized spacial score (nSPS) is 11.4. The van der Waals surface area contributed by atoms with Gasteiger partial charge in [-0.3, -0.25) is 0 Å². The predicted octanol–water partition coefficient (Wildman–Crippen LogP) is 0.943. The highest BCUT2D eigenvalue weighted by atomic mass is 32.2. The Balaban J connectivity index is 2.66. The number of carbonyl (C=O) groups excluding carboxylic acids is 1. The van der Waals surface area contributed by atoms with Crippen LogP contribution in [-0.2, 0) is 21.3 Å². The molecule has 112 valence electrons. The van der Waals surface area contributed by atoms with Crippen molar-refractivity contribution in [2.45, 2.75) is 6.54 Å². The molecule has 1 aromatic carbocycles. The SMILES string of the molecule is COC(=O)NCCN(Cc1ccc(F)cc1)S(C)(=O)=O. The average Bonchev–Trinajstić information content (AvgIpc) is 2.38. The number of amides is 1. The van der Waals surface area contributed by atoms with Crippen LogP contribution in [0.1, 0.15) is 5.56 Å². The molecular formula is C12H17FN2O4S. The molecule has 20 heavy (non-hydrogen) atoms. The van der Waals surface area contributed by atoms with Gasteiger partial charge in [-0.1, -0.05) is 12.1 Å². The Hall–Kier alpha value is -1.67. The minimum atomic E-state index is -3.43. The maximum atomic E-state index is 12.8. The van der Waals surface area contributed by atoms with Gasteiger partial charge in [-0.2, -0.15) is 4.31 Å². The van der Waals surface area contributed by atoms with E-state index in [0.29, 0.717) is 5.56 Å². The van der Waals surface area contributed by atoms with Gasteiger partial charge in [0.2, 0.25) is 10.0 Å². The Morgan fingerprint density at radius 2 is 1.95 bits per heavy atom. The molecule has 0 aliphatic carbocycles. The minimum absolute atomic E-state index is 0.102. The molecule has 0 fully saturated rings. The quantitative estimate of drug-likeness (QED) is 0.849. The van der Waals surface area contributed by atoms with Crippen LogP contribution in [0.25, 0.3) is 0 Å². The lowest BCUT2D eigenvalue weighted by molar-refractivity contribution is 0.170. The Kier molecular flexibility index (Phi) is 5.90. The standard InChI is InChI=1S/C12H17FN2O4S/c1-19-12(16)14-7-8-15(20(2,17)18)9-10-3-5-11(13)6-4-10/h3-6H,7-9H2,1-2H3,(H,14,16). The minimum Gasteiger partial charge on any atom is -0.453 e. The molecule has 0 bridgehead atoms. The zero-order valence-electron chi connectivity index (χ0n) is 11.3. The number of nitrogens with one attached hydrogen (secondary N) is 1.